The van der Waals surface area contributed by atoms with Gasteiger partial charge in [-0.2, -0.15) is 5.26 Å². The summed E-state index contributed by atoms with van der Waals surface area (Å²) in [5, 5.41) is 9.52. The number of hydrogen-bond donors (Lipinski definition) is 1. The van der Waals surface area contributed by atoms with Crippen molar-refractivity contribution < 1.29 is 8.78 Å². The number of benzene rings is 1. The van der Waals surface area contributed by atoms with E-state index in [0.717, 1.165) is 5.56 Å². The molecule has 1 aromatic rings. The SMILES string of the molecule is N#CC1(c2ccccc2)CCN(CC(F)(F)CN)CC1. The van der Waals surface area contributed by atoms with Crippen molar-refractivity contribution in [1.29, 1.82) is 5.26 Å². The minimum Gasteiger partial charge on any atom is -0.325 e. The van der Waals surface area contributed by atoms with E-state index >= 15 is 0 Å². The molecule has 0 spiro atoms. The summed E-state index contributed by atoms with van der Waals surface area (Å²) in [6.07, 6.45) is 1.16. The fraction of sp³-hybridized carbons (Fsp3) is 0.533. The molecule has 2 N–H and O–H groups in total. The number of nitrogens with zero attached hydrogens (tertiary/aromatic N) is 2. The van der Waals surface area contributed by atoms with Gasteiger partial charge < -0.3 is 5.73 Å². The number of piperidine rings is 1. The smallest absolute Gasteiger partial charge is 0.272 e. The maximum atomic E-state index is 13.3. The summed E-state index contributed by atoms with van der Waals surface area (Å²) in [7, 11) is 0. The van der Waals surface area contributed by atoms with Crippen LogP contribution in [-0.2, 0) is 5.41 Å². The number of halogens is 2. The molecule has 1 saturated heterocycles. The Bertz CT molecular complexity index is 474. The lowest BCUT2D eigenvalue weighted by molar-refractivity contribution is -0.0305. The van der Waals surface area contributed by atoms with Gasteiger partial charge in [-0.3, -0.25) is 4.90 Å². The highest BCUT2D eigenvalue weighted by molar-refractivity contribution is 5.33. The second-order valence-corrected chi connectivity index (χ2v) is 5.40. The maximum absolute atomic E-state index is 13.3. The van der Waals surface area contributed by atoms with Crippen LogP contribution in [0.4, 0.5) is 8.78 Å². The summed E-state index contributed by atoms with van der Waals surface area (Å²) in [5.41, 5.74) is 5.50. The van der Waals surface area contributed by atoms with Gasteiger partial charge in [-0.15, -0.1) is 0 Å². The highest BCUT2D eigenvalue weighted by atomic mass is 19.3. The molecule has 0 saturated carbocycles. The van der Waals surface area contributed by atoms with Crippen LogP contribution in [0.2, 0.25) is 0 Å². The molecule has 0 bridgehead atoms. The first kappa shape index (κ1) is 14.9. The molecule has 5 heteroatoms. The molecule has 1 aliphatic heterocycles. The zero-order valence-electron chi connectivity index (χ0n) is 11.4. The van der Waals surface area contributed by atoms with E-state index in [1.54, 1.807) is 4.90 Å². The van der Waals surface area contributed by atoms with Crippen molar-refractivity contribution in [3.63, 3.8) is 0 Å². The van der Waals surface area contributed by atoms with Crippen LogP contribution in [0.25, 0.3) is 0 Å². The first-order valence-electron chi connectivity index (χ1n) is 6.78. The van der Waals surface area contributed by atoms with Crippen LogP contribution in [0.1, 0.15) is 18.4 Å². The molecule has 1 aromatic carbocycles. The number of alkyl halides is 2. The van der Waals surface area contributed by atoms with Crippen LogP contribution >= 0.6 is 0 Å². The molecule has 0 amide bonds. The Morgan fingerprint density at radius 3 is 2.35 bits per heavy atom. The molecule has 2 rings (SSSR count). The molecule has 0 radical (unpaired) electrons. The van der Waals surface area contributed by atoms with Crippen LogP contribution in [0, 0.1) is 11.3 Å². The molecular weight excluding hydrogens is 260 g/mol. The van der Waals surface area contributed by atoms with Crippen LogP contribution in [0.15, 0.2) is 30.3 Å². The second kappa shape index (κ2) is 5.86. The molecule has 108 valence electrons. The Kier molecular flexibility index (Phi) is 4.36. The predicted molar refractivity (Wildman–Crippen MR) is 73.4 cm³/mol. The van der Waals surface area contributed by atoms with Gasteiger partial charge in [0.15, 0.2) is 0 Å². The van der Waals surface area contributed by atoms with Gasteiger partial charge in [0, 0.05) is 13.1 Å². The van der Waals surface area contributed by atoms with E-state index in [1.165, 1.54) is 0 Å². The van der Waals surface area contributed by atoms with Gasteiger partial charge in [-0.05, 0) is 18.4 Å². The van der Waals surface area contributed by atoms with Gasteiger partial charge >= 0.3 is 0 Å². The van der Waals surface area contributed by atoms with Gasteiger partial charge in [-0.25, -0.2) is 8.78 Å². The summed E-state index contributed by atoms with van der Waals surface area (Å²) in [5.74, 6) is -2.85. The lowest BCUT2D eigenvalue weighted by atomic mass is 9.74. The first-order chi connectivity index (χ1) is 9.51. The van der Waals surface area contributed by atoms with Gasteiger partial charge in [-0.1, -0.05) is 30.3 Å². The molecule has 1 aliphatic rings. The molecule has 20 heavy (non-hydrogen) atoms. The Labute approximate surface area is 118 Å². The van der Waals surface area contributed by atoms with E-state index < -0.39 is 17.9 Å². The first-order valence-corrected chi connectivity index (χ1v) is 6.78. The Balaban J connectivity index is 2.04. The van der Waals surface area contributed by atoms with E-state index in [4.69, 9.17) is 5.73 Å². The predicted octanol–water partition coefficient (Wildman–Crippen LogP) is 2.14. The van der Waals surface area contributed by atoms with E-state index in [0.29, 0.717) is 25.9 Å². The average molecular weight is 279 g/mol. The zero-order valence-corrected chi connectivity index (χ0v) is 11.4. The van der Waals surface area contributed by atoms with Crippen molar-refractivity contribution in [2.24, 2.45) is 5.73 Å². The van der Waals surface area contributed by atoms with E-state index in [1.807, 2.05) is 30.3 Å². The van der Waals surface area contributed by atoms with Crippen molar-refractivity contribution in [2.45, 2.75) is 24.2 Å². The number of hydrogen-bond acceptors (Lipinski definition) is 3. The minimum atomic E-state index is -2.85. The number of nitrogens with two attached hydrogens (primary N) is 1. The Hall–Kier alpha value is -1.51. The fourth-order valence-electron chi connectivity index (χ4n) is 2.71. The van der Waals surface area contributed by atoms with E-state index in [9.17, 15) is 14.0 Å². The third-order valence-electron chi connectivity index (χ3n) is 4.00. The number of likely N-dealkylation sites (tertiary alicyclic amines) is 1. The zero-order chi connectivity index (χ0) is 14.6. The standard InChI is InChI=1S/C15H19F2N3/c16-15(17,11-19)12-20-8-6-14(10-18,7-9-20)13-4-2-1-3-5-13/h1-5H,6-9,11-12,19H2. The van der Waals surface area contributed by atoms with Crippen LogP contribution in [0.3, 0.4) is 0 Å². The third kappa shape index (κ3) is 3.14. The van der Waals surface area contributed by atoms with Gasteiger partial charge in [0.1, 0.15) is 0 Å². The summed E-state index contributed by atoms with van der Waals surface area (Å²) in [6.45, 7) is 0.0431. The van der Waals surface area contributed by atoms with Crippen molar-refractivity contribution >= 4 is 0 Å². The number of nitriles is 1. The topological polar surface area (TPSA) is 53.0 Å². The second-order valence-electron chi connectivity index (χ2n) is 5.40. The van der Waals surface area contributed by atoms with Crippen molar-refractivity contribution in [3.8, 4) is 6.07 Å². The van der Waals surface area contributed by atoms with Crippen molar-refractivity contribution in [1.82, 2.24) is 4.90 Å². The molecule has 1 heterocycles. The van der Waals surface area contributed by atoms with Gasteiger partial charge in [0.05, 0.1) is 24.6 Å². The molecule has 0 aromatic heterocycles. The highest BCUT2D eigenvalue weighted by Crippen LogP contribution is 2.35. The Morgan fingerprint density at radius 2 is 1.85 bits per heavy atom. The minimum absolute atomic E-state index is 0.320. The molecular formula is C15H19F2N3. The molecule has 3 nitrogen and oxygen atoms in total. The molecule has 0 atom stereocenters. The normalized spacial score (nSPS) is 19.5. The largest absolute Gasteiger partial charge is 0.325 e. The average Bonchev–Trinajstić information content (AvgIpc) is 2.49. The number of rotatable bonds is 4. The molecule has 0 aliphatic carbocycles. The van der Waals surface area contributed by atoms with Crippen molar-refractivity contribution in [3.05, 3.63) is 35.9 Å². The summed E-state index contributed by atoms with van der Waals surface area (Å²) < 4.78 is 26.6. The fourth-order valence-corrected chi connectivity index (χ4v) is 2.71. The van der Waals surface area contributed by atoms with Crippen LogP contribution in [0.5, 0.6) is 0 Å². The maximum Gasteiger partial charge on any atom is 0.272 e. The third-order valence-corrected chi connectivity index (χ3v) is 4.00. The summed E-state index contributed by atoms with van der Waals surface area (Å²) in [4.78, 5) is 1.70. The van der Waals surface area contributed by atoms with E-state index in [-0.39, 0.29) is 6.54 Å². The van der Waals surface area contributed by atoms with Gasteiger partial charge in [0.2, 0.25) is 0 Å². The lowest BCUT2D eigenvalue weighted by Crippen LogP contribution is -2.48. The summed E-state index contributed by atoms with van der Waals surface area (Å²) >= 11 is 0. The van der Waals surface area contributed by atoms with E-state index in [2.05, 4.69) is 6.07 Å². The molecule has 1 fully saturated rings. The van der Waals surface area contributed by atoms with Crippen LogP contribution in [-0.4, -0.2) is 37.0 Å². The quantitative estimate of drug-likeness (QED) is 0.918. The molecule has 0 unspecified atom stereocenters. The summed E-state index contributed by atoms with van der Waals surface area (Å²) in [6, 6.07) is 12.0. The van der Waals surface area contributed by atoms with Gasteiger partial charge in [0.25, 0.3) is 5.92 Å². The monoisotopic (exact) mass is 279 g/mol. The lowest BCUT2D eigenvalue weighted by Gasteiger charge is -2.38. The Morgan fingerprint density at radius 1 is 1.25 bits per heavy atom. The highest BCUT2D eigenvalue weighted by Gasteiger charge is 2.39. The van der Waals surface area contributed by atoms with Crippen molar-refractivity contribution in [2.75, 3.05) is 26.2 Å². The van der Waals surface area contributed by atoms with Crippen LogP contribution < -0.4 is 5.73 Å².